The van der Waals surface area contributed by atoms with Crippen LogP contribution >= 0.6 is 0 Å². The van der Waals surface area contributed by atoms with E-state index in [1.54, 1.807) is 0 Å². The van der Waals surface area contributed by atoms with Crippen LogP contribution in [0.5, 0.6) is 0 Å². The molecule has 5 heterocycles. The Labute approximate surface area is 729 Å². The van der Waals surface area contributed by atoms with Crippen molar-refractivity contribution in [1.82, 2.24) is 13.7 Å². The van der Waals surface area contributed by atoms with Crippen LogP contribution in [0.2, 0.25) is 0 Å². The summed E-state index contributed by atoms with van der Waals surface area (Å²) in [4.78, 5) is 5.00. The average molecular weight is 1600 g/mol. The molecular weight excluding hydrogens is 1500 g/mol. The Morgan fingerprint density at radius 2 is 0.500 bits per heavy atom. The Morgan fingerprint density at radius 1 is 0.226 bits per heavy atom. The number of hydrogen-bond acceptors (Lipinski definition) is 2. The lowest BCUT2D eigenvalue weighted by molar-refractivity contribution is 0.543. The molecule has 0 amide bonds. The normalized spacial score (nSPS) is 13.5. The zero-order valence-corrected chi connectivity index (χ0v) is 72.7. The SMILES string of the molecule is CC(C)(C)N1c2ccccc2C(c2ccccc2)(c2ccccc2)c2ccccc21.CC(C)(C)c1ccc2c(c1)c1cc(-c3ccc4c(c3)c3ccccc3n4-c3ccccc3)ccc1n2-c1ccccc1.CC(C)(C)c1ccc2c(c1)c1ccccc1n2-c1ccccc1.CC(C)N1c2ccccc2C2(c3ccccc3-c3ccccc32)c2ccccc21. The molecule has 20 aromatic rings. The summed E-state index contributed by atoms with van der Waals surface area (Å²) in [6, 6.07) is 153. The molecule has 3 aliphatic rings. The second-order valence-corrected chi connectivity index (χ2v) is 36.8. The van der Waals surface area contributed by atoms with Crippen molar-refractivity contribution in [2.24, 2.45) is 0 Å². The molecule has 17 aromatic carbocycles. The predicted molar refractivity (Wildman–Crippen MR) is 526 cm³/mol. The van der Waals surface area contributed by atoms with Gasteiger partial charge in [-0.1, -0.05) is 339 Å². The first-order valence-corrected chi connectivity index (χ1v) is 43.9. The first kappa shape index (κ1) is 78.3. The van der Waals surface area contributed by atoms with Crippen molar-refractivity contribution in [3.05, 3.63) is 474 Å². The first-order valence-electron chi connectivity index (χ1n) is 43.9. The highest BCUT2D eigenvalue weighted by molar-refractivity contribution is 6.14. The van der Waals surface area contributed by atoms with Gasteiger partial charge in [0.15, 0.2) is 0 Å². The van der Waals surface area contributed by atoms with Crippen molar-refractivity contribution in [3.8, 4) is 39.3 Å². The number of benzene rings is 17. The van der Waals surface area contributed by atoms with Gasteiger partial charge in [0.25, 0.3) is 0 Å². The van der Waals surface area contributed by atoms with Gasteiger partial charge in [0.1, 0.15) is 0 Å². The molecule has 0 atom stereocenters. The zero-order valence-electron chi connectivity index (χ0n) is 72.7. The quantitative estimate of drug-likeness (QED) is 0.159. The van der Waals surface area contributed by atoms with Crippen LogP contribution in [0.25, 0.3) is 105 Å². The molecule has 1 spiro atoms. The van der Waals surface area contributed by atoms with Crippen LogP contribution in [0.4, 0.5) is 22.7 Å². The minimum atomic E-state index is -0.364. The zero-order chi connectivity index (χ0) is 84.8. The minimum Gasteiger partial charge on any atom is -0.338 e. The van der Waals surface area contributed by atoms with E-state index in [0.717, 1.165) is 0 Å². The molecule has 0 saturated carbocycles. The van der Waals surface area contributed by atoms with Crippen LogP contribution in [-0.4, -0.2) is 25.3 Å². The van der Waals surface area contributed by atoms with Gasteiger partial charge in [-0.25, -0.2) is 0 Å². The van der Waals surface area contributed by atoms with Crippen LogP contribution < -0.4 is 9.80 Å². The number of nitrogens with zero attached hydrogens (tertiary/aromatic N) is 5. The van der Waals surface area contributed by atoms with E-state index in [0.29, 0.717) is 6.04 Å². The van der Waals surface area contributed by atoms with Gasteiger partial charge in [-0.3, -0.25) is 0 Å². The van der Waals surface area contributed by atoms with E-state index in [2.05, 4.69) is 518 Å². The molecule has 0 N–H and O–H groups in total. The molecule has 0 fully saturated rings. The number of hydrogen-bond donors (Lipinski definition) is 0. The Kier molecular flexibility index (Phi) is 19.6. The van der Waals surface area contributed by atoms with E-state index >= 15 is 0 Å². The monoisotopic (exact) mass is 1600 g/mol. The molecule has 604 valence electrons. The fourth-order valence-electron chi connectivity index (χ4n) is 20.6. The van der Waals surface area contributed by atoms with Crippen molar-refractivity contribution in [2.45, 2.75) is 109 Å². The molecule has 3 aromatic heterocycles. The third kappa shape index (κ3) is 13.0. The molecule has 0 unspecified atom stereocenters. The van der Waals surface area contributed by atoms with Crippen molar-refractivity contribution in [1.29, 1.82) is 0 Å². The molecule has 5 heteroatoms. The lowest BCUT2D eigenvalue weighted by Gasteiger charge is -2.50. The van der Waals surface area contributed by atoms with Crippen LogP contribution in [0, 0.1) is 0 Å². The van der Waals surface area contributed by atoms with Crippen molar-refractivity contribution in [3.63, 3.8) is 0 Å². The molecule has 0 saturated heterocycles. The molecule has 0 bridgehead atoms. The smallest absolute Gasteiger partial charge is 0.0754 e. The Balaban J connectivity index is 0.000000107. The predicted octanol–water partition coefficient (Wildman–Crippen LogP) is 31.2. The summed E-state index contributed by atoms with van der Waals surface area (Å²) < 4.78 is 7.13. The first-order chi connectivity index (χ1) is 60.3. The van der Waals surface area contributed by atoms with Crippen molar-refractivity contribution in [2.75, 3.05) is 9.80 Å². The van der Waals surface area contributed by atoms with Gasteiger partial charge in [-0.2, -0.15) is 0 Å². The van der Waals surface area contributed by atoms with Gasteiger partial charge < -0.3 is 23.5 Å². The van der Waals surface area contributed by atoms with Gasteiger partial charge in [0, 0.05) is 83.7 Å². The van der Waals surface area contributed by atoms with Crippen molar-refractivity contribution < 1.29 is 0 Å². The molecule has 2 aliphatic heterocycles. The Hall–Kier alpha value is -14.3. The largest absolute Gasteiger partial charge is 0.338 e. The number of aromatic nitrogens is 3. The lowest BCUT2D eigenvalue weighted by atomic mass is 9.62. The lowest BCUT2D eigenvalue weighted by Crippen LogP contribution is -2.45. The van der Waals surface area contributed by atoms with E-state index in [-0.39, 0.29) is 27.2 Å². The van der Waals surface area contributed by atoms with Crippen LogP contribution in [0.15, 0.2) is 419 Å². The van der Waals surface area contributed by atoms with Crippen LogP contribution in [0.1, 0.15) is 132 Å². The Bertz CT molecular complexity index is 7200. The van der Waals surface area contributed by atoms with Crippen LogP contribution in [-0.2, 0) is 21.7 Å². The van der Waals surface area contributed by atoms with E-state index in [1.165, 1.54) is 183 Å². The summed E-state index contributed by atoms with van der Waals surface area (Å²) in [6.07, 6.45) is 0. The molecule has 0 radical (unpaired) electrons. The third-order valence-corrected chi connectivity index (χ3v) is 26.0. The number of fused-ring (bicyclic) bond motifs is 20. The van der Waals surface area contributed by atoms with Crippen molar-refractivity contribution >= 4 is 88.2 Å². The molecule has 1 aliphatic carbocycles. The maximum Gasteiger partial charge on any atom is 0.0754 e. The standard InChI is InChI=1S/C40H32N2.C29H27N.C28H23N.C22H21N/c1-40(2,3)29-20-23-39-35(26-29)34-25-28(19-22-38(34)42(39)31-14-8-5-9-15-31)27-18-21-37-33(24-27)32-16-10-11-17-36(32)41(37)30-12-6-4-7-13-30;1-28(2,3)30-26-20-12-10-18-24(26)29(22-14-6-4-7-15-22,23-16-8-5-9-17-23)25-19-11-13-21-27(25)30;1-19(2)29-26-17-9-7-15-24(26)28(25-16-8-10-18-27(25)29)22-13-5-3-11-20(22)21-12-4-6-14-23(21)28;1-22(2,3)16-13-14-21-19(15-16)18-11-7-8-12-20(18)23(21)17-9-5-4-6-10-17/h4-26H,1-3H3;4-21H,1-3H3;3-19H,1-2H3;4-15H,1-3H3. The summed E-state index contributed by atoms with van der Waals surface area (Å²) in [5.41, 5.74) is 34.4. The fourth-order valence-corrected chi connectivity index (χ4v) is 20.6. The highest BCUT2D eigenvalue weighted by atomic mass is 15.2. The third-order valence-electron chi connectivity index (χ3n) is 26.0. The van der Waals surface area contributed by atoms with E-state index in [1.807, 2.05) is 0 Å². The number of anilines is 4. The second-order valence-electron chi connectivity index (χ2n) is 36.8. The summed E-state index contributed by atoms with van der Waals surface area (Å²) in [5, 5.41) is 7.77. The van der Waals surface area contributed by atoms with Gasteiger partial charge in [0.05, 0.1) is 43.9 Å². The summed E-state index contributed by atoms with van der Waals surface area (Å²) in [5.74, 6) is 0. The van der Waals surface area contributed by atoms with Gasteiger partial charge in [-0.05, 0) is 245 Å². The molecule has 5 nitrogen and oxygen atoms in total. The maximum absolute atomic E-state index is 2.50. The van der Waals surface area contributed by atoms with E-state index in [9.17, 15) is 0 Å². The highest BCUT2D eigenvalue weighted by Crippen LogP contribution is 2.63. The van der Waals surface area contributed by atoms with E-state index in [4.69, 9.17) is 0 Å². The molecular formula is C119H103N5. The van der Waals surface area contributed by atoms with E-state index < -0.39 is 0 Å². The summed E-state index contributed by atoms with van der Waals surface area (Å²) in [6.45, 7) is 25.1. The fraction of sp³-hybridized carbons (Fsp3) is 0.143. The van der Waals surface area contributed by atoms with Gasteiger partial charge in [0.2, 0.25) is 0 Å². The number of para-hydroxylation sites is 9. The van der Waals surface area contributed by atoms with Crippen LogP contribution in [0.3, 0.4) is 0 Å². The average Bonchev–Trinajstić information content (AvgIpc) is 1.54. The number of rotatable bonds is 7. The summed E-state index contributed by atoms with van der Waals surface area (Å²) >= 11 is 0. The van der Waals surface area contributed by atoms with Gasteiger partial charge >= 0.3 is 0 Å². The molecule has 124 heavy (non-hydrogen) atoms. The minimum absolute atomic E-state index is 0.0499. The van der Waals surface area contributed by atoms with Gasteiger partial charge in [-0.15, -0.1) is 0 Å². The maximum atomic E-state index is 2.50. The highest BCUT2D eigenvalue weighted by Gasteiger charge is 2.52. The molecule has 23 rings (SSSR count). The Morgan fingerprint density at radius 3 is 0.863 bits per heavy atom. The second kappa shape index (κ2) is 31.0. The topological polar surface area (TPSA) is 21.3 Å². The summed E-state index contributed by atoms with van der Waals surface area (Å²) in [7, 11) is 0.